The van der Waals surface area contributed by atoms with Crippen LogP contribution in [0, 0.1) is 13.8 Å². The van der Waals surface area contributed by atoms with Crippen molar-refractivity contribution >= 4 is 15.7 Å². The number of anilines is 1. The standard InChI is InChI=1S/C8H15N3O2S/c1-4-5-14(12,13)11-8-6(2)9-10-7(8)3/h11H,4-5H2,1-3H3,(H,9,10). The zero-order valence-electron chi connectivity index (χ0n) is 8.59. The first-order chi connectivity index (χ1) is 6.46. The predicted molar refractivity (Wildman–Crippen MR) is 55.8 cm³/mol. The van der Waals surface area contributed by atoms with Crippen LogP contribution in [0.1, 0.15) is 24.7 Å². The van der Waals surface area contributed by atoms with Crippen molar-refractivity contribution in [3.8, 4) is 0 Å². The van der Waals surface area contributed by atoms with Crippen LogP contribution in [0.15, 0.2) is 0 Å². The summed E-state index contributed by atoms with van der Waals surface area (Å²) in [5.41, 5.74) is 1.97. The summed E-state index contributed by atoms with van der Waals surface area (Å²) in [7, 11) is -3.21. The molecule has 0 spiro atoms. The van der Waals surface area contributed by atoms with Crippen LogP contribution in [-0.4, -0.2) is 24.4 Å². The number of hydrogen-bond acceptors (Lipinski definition) is 3. The minimum atomic E-state index is -3.21. The van der Waals surface area contributed by atoms with Gasteiger partial charge in [0.25, 0.3) is 0 Å². The molecule has 0 radical (unpaired) electrons. The predicted octanol–water partition coefficient (Wildman–Crippen LogP) is 1.18. The average Bonchev–Trinajstić information content (AvgIpc) is 2.35. The fraction of sp³-hybridized carbons (Fsp3) is 0.625. The Balaban J connectivity index is 2.89. The number of aromatic nitrogens is 2. The topological polar surface area (TPSA) is 74.8 Å². The molecular formula is C8H15N3O2S. The highest BCUT2D eigenvalue weighted by Gasteiger charge is 2.13. The molecule has 0 saturated carbocycles. The van der Waals surface area contributed by atoms with Crippen LogP contribution < -0.4 is 4.72 Å². The molecule has 2 N–H and O–H groups in total. The molecule has 1 aromatic heterocycles. The summed E-state index contributed by atoms with van der Waals surface area (Å²) < 4.78 is 25.4. The number of aryl methyl sites for hydroxylation is 2. The van der Waals surface area contributed by atoms with E-state index < -0.39 is 10.0 Å². The molecule has 5 nitrogen and oxygen atoms in total. The maximum absolute atomic E-state index is 11.4. The van der Waals surface area contributed by atoms with Gasteiger partial charge in [0.05, 0.1) is 22.8 Å². The lowest BCUT2D eigenvalue weighted by Gasteiger charge is -2.06. The molecular weight excluding hydrogens is 202 g/mol. The van der Waals surface area contributed by atoms with Gasteiger partial charge in [0, 0.05) is 0 Å². The lowest BCUT2D eigenvalue weighted by atomic mass is 10.3. The highest BCUT2D eigenvalue weighted by molar-refractivity contribution is 7.92. The Morgan fingerprint density at radius 1 is 1.43 bits per heavy atom. The molecule has 0 aromatic carbocycles. The zero-order valence-corrected chi connectivity index (χ0v) is 9.40. The van der Waals surface area contributed by atoms with E-state index in [9.17, 15) is 8.42 Å². The van der Waals surface area contributed by atoms with Crippen LogP contribution in [0.2, 0.25) is 0 Å². The van der Waals surface area contributed by atoms with Crippen molar-refractivity contribution in [3.05, 3.63) is 11.4 Å². The van der Waals surface area contributed by atoms with Crippen LogP contribution in [0.4, 0.5) is 5.69 Å². The normalized spacial score (nSPS) is 11.6. The molecule has 0 bridgehead atoms. The van der Waals surface area contributed by atoms with Crippen molar-refractivity contribution in [2.24, 2.45) is 0 Å². The summed E-state index contributed by atoms with van der Waals surface area (Å²) in [4.78, 5) is 0. The smallest absolute Gasteiger partial charge is 0.232 e. The molecule has 1 aromatic rings. The number of nitrogens with zero attached hydrogens (tertiary/aromatic N) is 1. The fourth-order valence-electron chi connectivity index (χ4n) is 1.18. The molecule has 0 aliphatic carbocycles. The number of nitrogens with one attached hydrogen (secondary N) is 2. The SMILES string of the molecule is CCCS(=O)(=O)Nc1c(C)n[nH]c1C. The van der Waals surface area contributed by atoms with Gasteiger partial charge in [0.1, 0.15) is 0 Å². The van der Waals surface area contributed by atoms with Crippen LogP contribution in [0.3, 0.4) is 0 Å². The van der Waals surface area contributed by atoms with E-state index >= 15 is 0 Å². The summed E-state index contributed by atoms with van der Waals surface area (Å²) in [6.45, 7) is 5.37. The second kappa shape index (κ2) is 4.00. The minimum absolute atomic E-state index is 0.136. The van der Waals surface area contributed by atoms with E-state index in [2.05, 4.69) is 14.9 Å². The molecule has 0 atom stereocenters. The van der Waals surface area contributed by atoms with Crippen LogP contribution >= 0.6 is 0 Å². The summed E-state index contributed by atoms with van der Waals surface area (Å²) in [6, 6.07) is 0. The van der Waals surface area contributed by atoms with Crippen LogP contribution in [0.5, 0.6) is 0 Å². The third-order valence-electron chi connectivity index (χ3n) is 1.86. The minimum Gasteiger partial charge on any atom is -0.280 e. The fourth-order valence-corrected chi connectivity index (χ4v) is 2.43. The second-order valence-electron chi connectivity index (χ2n) is 3.23. The quantitative estimate of drug-likeness (QED) is 0.795. The van der Waals surface area contributed by atoms with Gasteiger partial charge in [0.2, 0.25) is 10.0 Å². The molecule has 6 heteroatoms. The van der Waals surface area contributed by atoms with Gasteiger partial charge in [0.15, 0.2) is 0 Å². The first kappa shape index (κ1) is 11.0. The maximum Gasteiger partial charge on any atom is 0.232 e. The highest BCUT2D eigenvalue weighted by Crippen LogP contribution is 2.17. The van der Waals surface area contributed by atoms with Crippen molar-refractivity contribution in [2.75, 3.05) is 10.5 Å². The van der Waals surface area contributed by atoms with E-state index in [1.807, 2.05) is 6.92 Å². The van der Waals surface area contributed by atoms with E-state index in [0.717, 1.165) is 5.69 Å². The molecule has 1 heterocycles. The van der Waals surface area contributed by atoms with Gasteiger partial charge < -0.3 is 0 Å². The van der Waals surface area contributed by atoms with Crippen LogP contribution in [-0.2, 0) is 10.0 Å². The Hall–Kier alpha value is -1.04. The molecule has 80 valence electrons. The van der Waals surface area contributed by atoms with Crippen molar-refractivity contribution < 1.29 is 8.42 Å². The lowest BCUT2D eigenvalue weighted by Crippen LogP contribution is -2.16. The Kier molecular flexibility index (Phi) is 3.15. The summed E-state index contributed by atoms with van der Waals surface area (Å²) in [5.74, 6) is 0.136. The average molecular weight is 217 g/mol. The Morgan fingerprint density at radius 2 is 2.07 bits per heavy atom. The van der Waals surface area contributed by atoms with E-state index in [1.165, 1.54) is 0 Å². The third-order valence-corrected chi connectivity index (χ3v) is 3.32. The van der Waals surface area contributed by atoms with Gasteiger partial charge in [-0.1, -0.05) is 6.92 Å². The highest BCUT2D eigenvalue weighted by atomic mass is 32.2. The first-order valence-corrected chi connectivity index (χ1v) is 6.13. The van der Waals surface area contributed by atoms with Gasteiger partial charge in [-0.15, -0.1) is 0 Å². The van der Waals surface area contributed by atoms with E-state index in [1.54, 1.807) is 13.8 Å². The lowest BCUT2D eigenvalue weighted by molar-refractivity contribution is 0.600. The van der Waals surface area contributed by atoms with E-state index in [4.69, 9.17) is 0 Å². The van der Waals surface area contributed by atoms with Gasteiger partial charge in [-0.3, -0.25) is 9.82 Å². The van der Waals surface area contributed by atoms with Gasteiger partial charge in [-0.25, -0.2) is 8.42 Å². The summed E-state index contributed by atoms with van der Waals surface area (Å²) >= 11 is 0. The second-order valence-corrected chi connectivity index (χ2v) is 5.07. The van der Waals surface area contributed by atoms with Crippen molar-refractivity contribution in [1.29, 1.82) is 0 Å². The number of sulfonamides is 1. The molecule has 0 aliphatic rings. The van der Waals surface area contributed by atoms with Crippen molar-refractivity contribution in [3.63, 3.8) is 0 Å². The summed E-state index contributed by atoms with van der Waals surface area (Å²) in [6.07, 6.45) is 0.602. The summed E-state index contributed by atoms with van der Waals surface area (Å²) in [5, 5.41) is 6.63. The van der Waals surface area contributed by atoms with Gasteiger partial charge in [-0.2, -0.15) is 5.10 Å². The van der Waals surface area contributed by atoms with Crippen LogP contribution in [0.25, 0.3) is 0 Å². The number of aromatic amines is 1. The molecule has 0 fully saturated rings. The Bertz CT molecular complexity index is 389. The van der Waals surface area contributed by atoms with Gasteiger partial charge in [-0.05, 0) is 20.3 Å². The van der Waals surface area contributed by atoms with E-state index in [-0.39, 0.29) is 5.75 Å². The monoisotopic (exact) mass is 217 g/mol. The maximum atomic E-state index is 11.4. The molecule has 0 unspecified atom stereocenters. The Labute approximate surface area is 84.0 Å². The third kappa shape index (κ3) is 2.47. The Morgan fingerprint density at radius 3 is 2.50 bits per heavy atom. The largest absolute Gasteiger partial charge is 0.280 e. The van der Waals surface area contributed by atoms with Crippen molar-refractivity contribution in [2.45, 2.75) is 27.2 Å². The zero-order chi connectivity index (χ0) is 10.8. The van der Waals surface area contributed by atoms with Crippen molar-refractivity contribution in [1.82, 2.24) is 10.2 Å². The number of H-pyrrole nitrogens is 1. The molecule has 1 rings (SSSR count). The first-order valence-electron chi connectivity index (χ1n) is 4.48. The number of rotatable bonds is 4. The van der Waals surface area contributed by atoms with Gasteiger partial charge >= 0.3 is 0 Å². The molecule has 0 aliphatic heterocycles. The molecule has 0 amide bonds. The van der Waals surface area contributed by atoms with E-state index in [0.29, 0.717) is 17.8 Å². The number of hydrogen-bond donors (Lipinski definition) is 2. The molecule has 14 heavy (non-hydrogen) atoms. The molecule has 0 saturated heterocycles.